The van der Waals surface area contributed by atoms with E-state index in [0.717, 1.165) is 42.6 Å². The van der Waals surface area contributed by atoms with Crippen LogP contribution in [-0.4, -0.2) is 50.0 Å². The first-order valence-corrected chi connectivity index (χ1v) is 10.9. The summed E-state index contributed by atoms with van der Waals surface area (Å²) in [5.74, 6) is 1.67. The van der Waals surface area contributed by atoms with Crippen molar-refractivity contribution in [3.63, 3.8) is 0 Å². The van der Waals surface area contributed by atoms with Crippen molar-refractivity contribution in [2.24, 2.45) is 11.8 Å². The third-order valence-electron chi connectivity index (χ3n) is 6.60. The maximum absolute atomic E-state index is 13.6. The number of hydrogen-bond donors (Lipinski definition) is 0. The highest BCUT2D eigenvalue weighted by Crippen LogP contribution is 2.40. The summed E-state index contributed by atoms with van der Waals surface area (Å²) in [4.78, 5) is 21.5. The highest BCUT2D eigenvalue weighted by Gasteiger charge is 2.43. The Labute approximate surface area is 182 Å². The molecule has 0 radical (unpaired) electrons. The topological polar surface area (TPSA) is 73.1 Å². The summed E-state index contributed by atoms with van der Waals surface area (Å²) in [6.45, 7) is 5.48. The van der Waals surface area contributed by atoms with Crippen LogP contribution in [0.2, 0.25) is 0 Å². The molecule has 3 aliphatic rings. The number of amides is 1. The first-order valence-electron chi connectivity index (χ1n) is 10.9. The summed E-state index contributed by atoms with van der Waals surface area (Å²) in [5.41, 5.74) is 3.60. The third-order valence-corrected chi connectivity index (χ3v) is 6.60. The van der Waals surface area contributed by atoms with Gasteiger partial charge < -0.3 is 9.64 Å². The van der Waals surface area contributed by atoms with Crippen LogP contribution < -0.4 is 4.74 Å². The molecule has 1 amide bonds. The third kappa shape index (κ3) is 3.92. The lowest BCUT2D eigenvalue weighted by molar-refractivity contribution is -0.00475. The Hall–Kier alpha value is -3.22. The van der Waals surface area contributed by atoms with Crippen LogP contribution in [0.3, 0.4) is 0 Å². The molecule has 2 aromatic heterocycles. The fourth-order valence-electron chi connectivity index (χ4n) is 4.95. The highest BCUT2D eigenvalue weighted by molar-refractivity contribution is 5.98. The largest absolute Gasteiger partial charge is 0.477 e. The van der Waals surface area contributed by atoms with Crippen LogP contribution >= 0.6 is 0 Å². The molecule has 160 valence electrons. The molecule has 31 heavy (non-hydrogen) atoms. The number of aryl methyl sites for hydroxylation is 2. The number of ether oxygens (including phenoxy) is 1. The molecule has 3 aromatic rings. The predicted molar refractivity (Wildman–Crippen MR) is 116 cm³/mol. The van der Waals surface area contributed by atoms with Gasteiger partial charge in [0.15, 0.2) is 0 Å². The monoisotopic (exact) mass is 417 g/mol. The van der Waals surface area contributed by atoms with Crippen LogP contribution in [-0.2, 0) is 0 Å². The van der Waals surface area contributed by atoms with Crippen LogP contribution in [0.15, 0.2) is 48.9 Å². The zero-order valence-corrected chi connectivity index (χ0v) is 17.9. The van der Waals surface area contributed by atoms with E-state index in [1.807, 2.05) is 44.2 Å². The van der Waals surface area contributed by atoms with Crippen LogP contribution in [0.5, 0.6) is 5.88 Å². The highest BCUT2D eigenvalue weighted by atomic mass is 16.5. The molecule has 7 nitrogen and oxygen atoms in total. The van der Waals surface area contributed by atoms with E-state index in [1.54, 1.807) is 18.6 Å². The lowest BCUT2D eigenvalue weighted by atomic mass is 9.72. The summed E-state index contributed by atoms with van der Waals surface area (Å²) >= 11 is 0. The Balaban J connectivity index is 1.31. The van der Waals surface area contributed by atoms with Crippen LogP contribution in [0.1, 0.15) is 40.7 Å². The second-order valence-electron chi connectivity index (χ2n) is 8.77. The van der Waals surface area contributed by atoms with Gasteiger partial charge in [-0.2, -0.15) is 15.0 Å². The Morgan fingerprint density at radius 1 is 1.06 bits per heavy atom. The summed E-state index contributed by atoms with van der Waals surface area (Å²) < 4.78 is 6.01. The van der Waals surface area contributed by atoms with Crippen molar-refractivity contribution in [2.45, 2.75) is 39.2 Å². The van der Waals surface area contributed by atoms with E-state index in [0.29, 0.717) is 29.9 Å². The average molecular weight is 418 g/mol. The summed E-state index contributed by atoms with van der Waals surface area (Å²) in [7, 11) is 0. The number of pyridine rings is 1. The van der Waals surface area contributed by atoms with E-state index in [9.17, 15) is 4.79 Å². The Morgan fingerprint density at radius 3 is 2.61 bits per heavy atom. The van der Waals surface area contributed by atoms with Gasteiger partial charge in [-0.3, -0.25) is 4.79 Å². The molecule has 2 saturated heterocycles. The number of carbonyl (C=O) groups is 1. The number of piperidine rings is 2. The lowest BCUT2D eigenvalue weighted by Crippen LogP contribution is -2.55. The van der Waals surface area contributed by atoms with E-state index in [2.05, 4.69) is 20.1 Å². The molecular weight excluding hydrogens is 390 g/mol. The molecule has 0 spiro atoms. The van der Waals surface area contributed by atoms with Crippen molar-refractivity contribution in [1.82, 2.24) is 24.9 Å². The smallest absolute Gasteiger partial charge is 0.256 e. The molecular formula is C24H27N5O2. The Morgan fingerprint density at radius 2 is 1.87 bits per heavy atom. The molecule has 2 aliphatic heterocycles. The van der Waals surface area contributed by atoms with Gasteiger partial charge in [-0.1, -0.05) is 11.6 Å². The van der Waals surface area contributed by atoms with Gasteiger partial charge in [0.2, 0.25) is 5.88 Å². The van der Waals surface area contributed by atoms with Gasteiger partial charge in [0, 0.05) is 24.8 Å². The predicted octanol–water partition coefficient (Wildman–Crippen LogP) is 3.60. The van der Waals surface area contributed by atoms with Crippen LogP contribution in [0.4, 0.5) is 0 Å². The number of fused-ring (bicyclic) bond motifs is 3. The zero-order chi connectivity index (χ0) is 21.4. The van der Waals surface area contributed by atoms with Gasteiger partial charge in [0.25, 0.3) is 5.91 Å². The molecule has 3 fully saturated rings. The van der Waals surface area contributed by atoms with E-state index in [-0.39, 0.29) is 11.9 Å². The molecule has 6 rings (SSSR count). The van der Waals surface area contributed by atoms with Crippen molar-refractivity contribution in [3.05, 3.63) is 65.6 Å². The Kier molecular flexibility index (Phi) is 5.18. The lowest BCUT2D eigenvalue weighted by Gasteiger charge is -2.49. The van der Waals surface area contributed by atoms with Crippen LogP contribution in [0, 0.1) is 25.7 Å². The van der Waals surface area contributed by atoms with E-state index >= 15 is 0 Å². The second kappa shape index (κ2) is 8.13. The second-order valence-corrected chi connectivity index (χ2v) is 8.77. The van der Waals surface area contributed by atoms with Crippen LogP contribution in [0.25, 0.3) is 5.69 Å². The van der Waals surface area contributed by atoms with E-state index in [1.165, 1.54) is 4.80 Å². The molecule has 0 N–H and O–H groups in total. The van der Waals surface area contributed by atoms with Crippen molar-refractivity contribution in [3.8, 4) is 11.6 Å². The Bertz CT molecular complexity index is 1080. The van der Waals surface area contributed by atoms with Crippen molar-refractivity contribution in [2.75, 3.05) is 13.2 Å². The fourth-order valence-corrected chi connectivity index (χ4v) is 4.95. The number of hydrogen-bond acceptors (Lipinski definition) is 5. The van der Waals surface area contributed by atoms with Gasteiger partial charge >= 0.3 is 0 Å². The molecule has 1 saturated carbocycles. The maximum Gasteiger partial charge on any atom is 0.256 e. The zero-order valence-electron chi connectivity index (χ0n) is 17.9. The molecule has 7 heteroatoms. The van der Waals surface area contributed by atoms with Crippen molar-refractivity contribution >= 4 is 5.91 Å². The van der Waals surface area contributed by atoms with Crippen molar-refractivity contribution in [1.29, 1.82) is 0 Å². The average Bonchev–Trinajstić information content (AvgIpc) is 3.32. The quantitative estimate of drug-likeness (QED) is 0.634. The first-order chi connectivity index (χ1) is 15.1. The molecule has 3 unspecified atom stereocenters. The molecule has 4 heterocycles. The number of nitrogens with zero attached hydrogens (tertiary/aromatic N) is 5. The van der Waals surface area contributed by atoms with Gasteiger partial charge in [0.05, 0.1) is 30.3 Å². The minimum Gasteiger partial charge on any atom is -0.477 e. The van der Waals surface area contributed by atoms with Crippen molar-refractivity contribution < 1.29 is 9.53 Å². The van der Waals surface area contributed by atoms with E-state index in [4.69, 9.17) is 4.74 Å². The summed E-state index contributed by atoms with van der Waals surface area (Å²) in [6, 6.07) is 10.1. The van der Waals surface area contributed by atoms with E-state index < -0.39 is 0 Å². The normalized spacial score (nSPS) is 22.5. The van der Waals surface area contributed by atoms with Gasteiger partial charge in [-0.15, -0.1) is 0 Å². The molecule has 1 aliphatic carbocycles. The molecule has 3 atom stereocenters. The number of aromatic nitrogens is 4. The number of carbonyl (C=O) groups excluding carboxylic acids is 1. The standard InChI is InChI=1S/C24H27N5O2/c1-16-3-6-22(29-26-9-10-27-29)21(11-16)24(30)28-14-18-4-5-20(28)13-19(18)15-31-23-12-17(2)7-8-25-23/h3,6-12,18-20H,4-5,13-15H2,1-2H3. The summed E-state index contributed by atoms with van der Waals surface area (Å²) in [6.07, 6.45) is 8.21. The molecule has 1 aromatic carbocycles. The fraction of sp³-hybridized carbons (Fsp3) is 0.417. The molecule has 2 bridgehead atoms. The maximum atomic E-state index is 13.6. The SMILES string of the molecule is Cc1ccnc(OCC2CC3CCC2CN3C(=O)c2cc(C)ccc2-n2nccn2)c1. The number of benzene rings is 1. The number of rotatable bonds is 5. The summed E-state index contributed by atoms with van der Waals surface area (Å²) in [5, 5.41) is 8.47. The van der Waals surface area contributed by atoms with Gasteiger partial charge in [-0.25, -0.2) is 4.98 Å². The minimum atomic E-state index is 0.0745. The van der Waals surface area contributed by atoms with Gasteiger partial charge in [0.1, 0.15) is 0 Å². The first kappa shape index (κ1) is 19.7. The van der Waals surface area contributed by atoms with Gasteiger partial charge in [-0.05, 0) is 68.7 Å². The minimum absolute atomic E-state index is 0.0745.